The van der Waals surface area contributed by atoms with Gasteiger partial charge in [-0.05, 0) is 36.2 Å². The number of nitrogens with zero attached hydrogens (tertiary/aromatic N) is 1. The van der Waals surface area contributed by atoms with Crippen molar-refractivity contribution in [2.24, 2.45) is 0 Å². The van der Waals surface area contributed by atoms with Crippen LogP contribution in [0.3, 0.4) is 0 Å². The predicted octanol–water partition coefficient (Wildman–Crippen LogP) is 2.50. The predicted molar refractivity (Wildman–Crippen MR) is 103 cm³/mol. The molecule has 28 heavy (non-hydrogen) atoms. The van der Waals surface area contributed by atoms with Crippen LogP contribution in [0.2, 0.25) is 0 Å². The van der Waals surface area contributed by atoms with Crippen LogP contribution in [0.25, 0.3) is 0 Å². The van der Waals surface area contributed by atoms with Gasteiger partial charge in [-0.25, -0.2) is 12.7 Å². The third-order valence-electron chi connectivity index (χ3n) is 4.72. The van der Waals surface area contributed by atoms with Crippen LogP contribution in [0, 0.1) is 0 Å². The Kier molecular flexibility index (Phi) is 5.69. The first-order chi connectivity index (χ1) is 13.4. The lowest BCUT2D eigenvalue weighted by Crippen LogP contribution is -2.35. The van der Waals surface area contributed by atoms with Crippen molar-refractivity contribution in [3.05, 3.63) is 59.7 Å². The molecule has 7 nitrogen and oxygen atoms in total. The average Bonchev–Trinajstić information content (AvgIpc) is 2.90. The normalized spacial score (nSPS) is 15.8. The molecule has 1 atom stereocenters. The van der Waals surface area contributed by atoms with E-state index in [4.69, 9.17) is 4.74 Å². The van der Waals surface area contributed by atoms with Crippen molar-refractivity contribution in [3.63, 3.8) is 0 Å². The van der Waals surface area contributed by atoms with Gasteiger partial charge in [0.2, 0.25) is 5.91 Å². The highest BCUT2D eigenvalue weighted by atomic mass is 32.2. The number of ether oxygens (including phenoxy) is 1. The van der Waals surface area contributed by atoms with Crippen molar-refractivity contribution in [2.75, 3.05) is 13.7 Å². The van der Waals surface area contributed by atoms with Gasteiger partial charge < -0.3 is 10.1 Å². The maximum atomic E-state index is 12.5. The molecule has 2 amide bonds. The molecule has 2 aromatic carbocycles. The van der Waals surface area contributed by atoms with Crippen LogP contribution in [-0.4, -0.2) is 38.2 Å². The number of nitrogens with one attached hydrogen (secondary N) is 1. The van der Waals surface area contributed by atoms with Crippen LogP contribution in [0.1, 0.15) is 41.7 Å². The Morgan fingerprint density at radius 2 is 1.82 bits per heavy atom. The number of carbonyl (C=O) groups is 2. The van der Waals surface area contributed by atoms with E-state index in [1.165, 1.54) is 12.1 Å². The minimum absolute atomic E-state index is 0.00919. The van der Waals surface area contributed by atoms with Crippen molar-refractivity contribution >= 4 is 21.8 Å². The second kappa shape index (κ2) is 8.02. The molecule has 0 saturated carbocycles. The Morgan fingerprint density at radius 3 is 2.43 bits per heavy atom. The highest BCUT2D eigenvalue weighted by Gasteiger charge is 2.40. The lowest BCUT2D eigenvalue weighted by molar-refractivity contribution is -0.121. The maximum absolute atomic E-state index is 12.5. The summed E-state index contributed by atoms with van der Waals surface area (Å²) in [7, 11) is -2.31. The fourth-order valence-corrected chi connectivity index (χ4v) is 4.75. The minimum atomic E-state index is -3.90. The molecule has 148 valence electrons. The molecule has 1 heterocycles. The molecule has 1 aliphatic heterocycles. The van der Waals surface area contributed by atoms with E-state index in [0.717, 1.165) is 15.6 Å². The molecule has 0 aliphatic carbocycles. The quantitative estimate of drug-likeness (QED) is 0.768. The first-order valence-corrected chi connectivity index (χ1v) is 10.4. The monoisotopic (exact) mass is 402 g/mol. The third kappa shape index (κ3) is 3.73. The van der Waals surface area contributed by atoms with Gasteiger partial charge >= 0.3 is 0 Å². The Bertz CT molecular complexity index is 986. The second-order valence-electron chi connectivity index (χ2n) is 6.43. The molecule has 0 saturated heterocycles. The number of methoxy groups -OCH3 is 1. The zero-order valence-electron chi connectivity index (χ0n) is 15.7. The summed E-state index contributed by atoms with van der Waals surface area (Å²) >= 11 is 0. The largest absolute Gasteiger partial charge is 0.497 e. The van der Waals surface area contributed by atoms with Crippen LogP contribution in [0.4, 0.5) is 0 Å². The first kappa shape index (κ1) is 19.9. The summed E-state index contributed by atoms with van der Waals surface area (Å²) in [6, 6.07) is 13.2. The molecule has 0 spiro atoms. The Hall–Kier alpha value is -2.87. The van der Waals surface area contributed by atoms with Gasteiger partial charge in [-0.15, -0.1) is 0 Å². The molecule has 1 aliphatic rings. The van der Waals surface area contributed by atoms with Gasteiger partial charge in [0.25, 0.3) is 15.9 Å². The molecular formula is C20H22N2O5S. The summed E-state index contributed by atoms with van der Waals surface area (Å²) < 4.78 is 31.0. The van der Waals surface area contributed by atoms with Gasteiger partial charge in [0, 0.05) is 13.0 Å². The molecule has 1 N–H and O–H groups in total. The number of fused-ring (bicyclic) bond motifs is 1. The molecule has 0 fully saturated rings. The van der Waals surface area contributed by atoms with Crippen molar-refractivity contribution in [1.29, 1.82) is 0 Å². The topological polar surface area (TPSA) is 92.8 Å². The Labute approximate surface area is 164 Å². The van der Waals surface area contributed by atoms with Crippen LogP contribution < -0.4 is 10.1 Å². The average molecular weight is 402 g/mol. The summed E-state index contributed by atoms with van der Waals surface area (Å²) in [5, 5.41) is 2.90. The van der Waals surface area contributed by atoms with E-state index in [9.17, 15) is 18.0 Å². The van der Waals surface area contributed by atoms with Gasteiger partial charge in [-0.3, -0.25) is 9.59 Å². The molecular weight excluding hydrogens is 380 g/mol. The fourth-order valence-electron chi connectivity index (χ4n) is 3.18. The zero-order valence-corrected chi connectivity index (χ0v) is 16.5. The fraction of sp³-hybridized carbons (Fsp3) is 0.300. The summed E-state index contributed by atoms with van der Waals surface area (Å²) in [5.74, 6) is -0.186. The highest BCUT2D eigenvalue weighted by molar-refractivity contribution is 7.90. The number of hydrogen-bond donors (Lipinski definition) is 1. The number of hydrogen-bond acceptors (Lipinski definition) is 5. The van der Waals surface area contributed by atoms with E-state index in [1.807, 2.05) is 31.2 Å². The zero-order chi connectivity index (χ0) is 20.3. The van der Waals surface area contributed by atoms with E-state index in [-0.39, 0.29) is 35.4 Å². The van der Waals surface area contributed by atoms with Crippen LogP contribution in [0.5, 0.6) is 5.75 Å². The molecule has 0 aromatic heterocycles. The molecule has 3 rings (SSSR count). The van der Waals surface area contributed by atoms with Crippen LogP contribution in [-0.2, 0) is 14.8 Å². The van der Waals surface area contributed by atoms with E-state index in [0.29, 0.717) is 6.42 Å². The number of amides is 2. The van der Waals surface area contributed by atoms with E-state index in [1.54, 1.807) is 19.2 Å². The van der Waals surface area contributed by atoms with E-state index >= 15 is 0 Å². The van der Waals surface area contributed by atoms with Crippen molar-refractivity contribution in [1.82, 2.24) is 9.62 Å². The molecule has 1 unspecified atom stereocenters. The Balaban J connectivity index is 1.64. The lowest BCUT2D eigenvalue weighted by Gasteiger charge is -2.19. The van der Waals surface area contributed by atoms with Gasteiger partial charge in [0.05, 0.1) is 18.7 Å². The van der Waals surface area contributed by atoms with Crippen molar-refractivity contribution in [2.45, 2.75) is 30.7 Å². The van der Waals surface area contributed by atoms with Crippen LogP contribution >= 0.6 is 0 Å². The molecule has 0 radical (unpaired) electrons. The van der Waals surface area contributed by atoms with Gasteiger partial charge in [0.1, 0.15) is 10.6 Å². The summed E-state index contributed by atoms with van der Waals surface area (Å²) in [5.41, 5.74) is 1.07. The molecule has 0 bridgehead atoms. The molecule has 2 aromatic rings. The molecule has 8 heteroatoms. The van der Waals surface area contributed by atoms with E-state index in [2.05, 4.69) is 5.32 Å². The van der Waals surface area contributed by atoms with Gasteiger partial charge in [0.15, 0.2) is 0 Å². The highest BCUT2D eigenvalue weighted by Crippen LogP contribution is 2.30. The SMILES string of the molecule is CCC(NC(=O)CCN1C(=O)c2ccccc2S1(=O)=O)c1ccc(OC)cc1. The maximum Gasteiger partial charge on any atom is 0.269 e. The summed E-state index contributed by atoms with van der Waals surface area (Å²) in [6.45, 7) is 1.75. The third-order valence-corrected chi connectivity index (χ3v) is 6.56. The van der Waals surface area contributed by atoms with Gasteiger partial charge in [-0.1, -0.05) is 31.2 Å². The smallest absolute Gasteiger partial charge is 0.269 e. The van der Waals surface area contributed by atoms with Crippen molar-refractivity contribution < 1.29 is 22.7 Å². The standard InChI is InChI=1S/C20H22N2O5S/c1-3-17(14-8-10-15(27-2)11-9-14)21-19(23)12-13-22-20(24)16-6-4-5-7-18(16)28(22,25)26/h4-11,17H,3,12-13H2,1-2H3,(H,21,23). The number of benzene rings is 2. The minimum Gasteiger partial charge on any atom is -0.497 e. The summed E-state index contributed by atoms with van der Waals surface area (Å²) in [6.07, 6.45) is 0.566. The summed E-state index contributed by atoms with van der Waals surface area (Å²) in [4.78, 5) is 24.8. The number of rotatable bonds is 7. The van der Waals surface area contributed by atoms with Gasteiger partial charge in [-0.2, -0.15) is 0 Å². The lowest BCUT2D eigenvalue weighted by atomic mass is 10.0. The first-order valence-electron chi connectivity index (χ1n) is 8.98. The van der Waals surface area contributed by atoms with E-state index < -0.39 is 15.9 Å². The second-order valence-corrected chi connectivity index (χ2v) is 8.26. The van der Waals surface area contributed by atoms with Crippen molar-refractivity contribution in [3.8, 4) is 5.75 Å². The van der Waals surface area contributed by atoms with Crippen LogP contribution in [0.15, 0.2) is 53.4 Å². The Morgan fingerprint density at radius 1 is 1.14 bits per heavy atom. The number of carbonyl (C=O) groups excluding carboxylic acids is 2. The number of sulfonamides is 1.